The predicted octanol–water partition coefficient (Wildman–Crippen LogP) is 2.55. The van der Waals surface area contributed by atoms with Gasteiger partial charge in [0.05, 0.1) is 0 Å². The standard InChI is InChI=1S/C11H8F3N3O2/c1-6-15-9(17-19-6)7-3-2-4-8(5-7)16-10(18)11(12,13)14/h2-5H,1H3,(H,16,18). The molecule has 19 heavy (non-hydrogen) atoms. The molecule has 0 aliphatic heterocycles. The summed E-state index contributed by atoms with van der Waals surface area (Å²) in [5, 5.41) is 5.38. The molecule has 0 fully saturated rings. The molecule has 5 nitrogen and oxygen atoms in total. The fourth-order valence-corrected chi connectivity index (χ4v) is 1.35. The average molecular weight is 271 g/mol. The van der Waals surface area contributed by atoms with E-state index in [4.69, 9.17) is 4.52 Å². The van der Waals surface area contributed by atoms with Gasteiger partial charge in [0, 0.05) is 18.2 Å². The Morgan fingerprint density at radius 2 is 2.11 bits per heavy atom. The van der Waals surface area contributed by atoms with Crippen molar-refractivity contribution in [2.45, 2.75) is 13.1 Å². The molecule has 0 saturated carbocycles. The highest BCUT2D eigenvalue weighted by molar-refractivity contribution is 5.95. The monoisotopic (exact) mass is 271 g/mol. The van der Waals surface area contributed by atoms with E-state index in [0.717, 1.165) is 0 Å². The fraction of sp³-hybridized carbons (Fsp3) is 0.182. The number of benzene rings is 1. The number of aryl methyl sites for hydroxylation is 1. The summed E-state index contributed by atoms with van der Waals surface area (Å²) >= 11 is 0. The van der Waals surface area contributed by atoms with Crippen molar-refractivity contribution in [2.24, 2.45) is 0 Å². The molecular weight excluding hydrogens is 263 g/mol. The lowest BCUT2D eigenvalue weighted by Gasteiger charge is -2.08. The molecule has 2 rings (SSSR count). The van der Waals surface area contributed by atoms with E-state index in [-0.39, 0.29) is 11.5 Å². The van der Waals surface area contributed by atoms with Crippen molar-refractivity contribution in [1.82, 2.24) is 10.1 Å². The van der Waals surface area contributed by atoms with Gasteiger partial charge in [-0.05, 0) is 12.1 Å². The first-order chi connectivity index (χ1) is 8.86. The normalized spacial score (nSPS) is 11.4. The summed E-state index contributed by atoms with van der Waals surface area (Å²) in [4.78, 5) is 14.7. The van der Waals surface area contributed by atoms with Crippen LogP contribution in [0.1, 0.15) is 5.89 Å². The Kier molecular flexibility index (Phi) is 3.24. The van der Waals surface area contributed by atoms with E-state index in [0.29, 0.717) is 11.5 Å². The molecule has 0 saturated heterocycles. The molecule has 8 heteroatoms. The molecule has 0 bridgehead atoms. The number of aromatic nitrogens is 2. The smallest absolute Gasteiger partial charge is 0.339 e. The summed E-state index contributed by atoms with van der Waals surface area (Å²) in [5.41, 5.74) is 0.444. The Labute approximate surface area is 105 Å². The molecule has 1 amide bonds. The lowest BCUT2D eigenvalue weighted by Crippen LogP contribution is -2.29. The number of nitrogens with one attached hydrogen (secondary N) is 1. The van der Waals surface area contributed by atoms with Gasteiger partial charge in [0.15, 0.2) is 0 Å². The number of carbonyl (C=O) groups excluding carboxylic acids is 1. The third kappa shape index (κ3) is 3.09. The highest BCUT2D eigenvalue weighted by Gasteiger charge is 2.38. The topological polar surface area (TPSA) is 68.0 Å². The van der Waals surface area contributed by atoms with Crippen molar-refractivity contribution >= 4 is 11.6 Å². The van der Waals surface area contributed by atoms with Crippen molar-refractivity contribution in [1.29, 1.82) is 0 Å². The first kappa shape index (κ1) is 13.1. The molecule has 0 unspecified atom stereocenters. The maximum Gasteiger partial charge on any atom is 0.471 e. The van der Waals surface area contributed by atoms with Crippen molar-refractivity contribution in [3.8, 4) is 11.4 Å². The summed E-state index contributed by atoms with van der Waals surface area (Å²) in [5.74, 6) is -1.46. The minimum absolute atomic E-state index is 0.00211. The fourth-order valence-electron chi connectivity index (χ4n) is 1.35. The summed E-state index contributed by atoms with van der Waals surface area (Å²) in [7, 11) is 0. The maximum atomic E-state index is 12.1. The molecule has 0 spiro atoms. The van der Waals surface area contributed by atoms with Crippen LogP contribution in [0.4, 0.5) is 18.9 Å². The number of alkyl halides is 3. The van der Waals surface area contributed by atoms with Crippen LogP contribution in [0.2, 0.25) is 0 Å². The van der Waals surface area contributed by atoms with Crippen LogP contribution in [0, 0.1) is 6.92 Å². The van der Waals surface area contributed by atoms with Crippen molar-refractivity contribution in [3.05, 3.63) is 30.2 Å². The minimum Gasteiger partial charge on any atom is -0.339 e. The van der Waals surface area contributed by atoms with Crippen LogP contribution in [0.15, 0.2) is 28.8 Å². The van der Waals surface area contributed by atoms with Gasteiger partial charge in [-0.1, -0.05) is 17.3 Å². The Morgan fingerprint density at radius 3 is 2.68 bits per heavy atom. The Bertz CT molecular complexity index is 607. The number of carbonyl (C=O) groups is 1. The highest BCUT2D eigenvalue weighted by Crippen LogP contribution is 2.22. The summed E-state index contributed by atoms with van der Waals surface area (Å²) in [6, 6.07) is 5.73. The third-order valence-corrected chi connectivity index (χ3v) is 2.16. The van der Waals surface area contributed by atoms with Gasteiger partial charge in [-0.15, -0.1) is 0 Å². The number of rotatable bonds is 2. The molecule has 1 aromatic carbocycles. The second-order valence-electron chi connectivity index (χ2n) is 3.67. The Hall–Kier alpha value is -2.38. The Balaban J connectivity index is 2.23. The van der Waals surface area contributed by atoms with E-state index in [1.807, 2.05) is 0 Å². The van der Waals surface area contributed by atoms with Crippen LogP contribution >= 0.6 is 0 Å². The van der Waals surface area contributed by atoms with E-state index in [1.54, 1.807) is 18.3 Å². The molecule has 0 radical (unpaired) electrons. The number of halogens is 3. The average Bonchev–Trinajstić information content (AvgIpc) is 2.75. The first-order valence-electron chi connectivity index (χ1n) is 5.15. The van der Waals surface area contributed by atoms with Gasteiger partial charge in [-0.25, -0.2) is 0 Å². The van der Waals surface area contributed by atoms with Crippen LogP contribution in [-0.2, 0) is 4.79 Å². The quantitative estimate of drug-likeness (QED) is 0.911. The molecule has 1 N–H and O–H groups in total. The van der Waals surface area contributed by atoms with Gasteiger partial charge in [0.1, 0.15) is 0 Å². The van der Waals surface area contributed by atoms with E-state index in [1.165, 1.54) is 18.2 Å². The minimum atomic E-state index is -4.93. The van der Waals surface area contributed by atoms with Gasteiger partial charge in [-0.3, -0.25) is 4.79 Å². The summed E-state index contributed by atoms with van der Waals surface area (Å²) in [6.45, 7) is 1.59. The maximum absolute atomic E-state index is 12.1. The van der Waals surface area contributed by atoms with Crippen LogP contribution in [0.25, 0.3) is 11.4 Å². The predicted molar refractivity (Wildman–Crippen MR) is 59.2 cm³/mol. The third-order valence-electron chi connectivity index (χ3n) is 2.16. The number of anilines is 1. The van der Waals surface area contributed by atoms with Crippen molar-refractivity contribution in [2.75, 3.05) is 5.32 Å². The lowest BCUT2D eigenvalue weighted by molar-refractivity contribution is -0.167. The van der Waals surface area contributed by atoms with E-state index < -0.39 is 12.1 Å². The summed E-state index contributed by atoms with van der Waals surface area (Å²) < 4.78 is 41.1. The molecule has 1 aromatic heterocycles. The summed E-state index contributed by atoms with van der Waals surface area (Å²) in [6.07, 6.45) is -4.93. The van der Waals surface area contributed by atoms with Crippen LogP contribution in [0.3, 0.4) is 0 Å². The van der Waals surface area contributed by atoms with Gasteiger partial charge in [-0.2, -0.15) is 18.2 Å². The lowest BCUT2D eigenvalue weighted by atomic mass is 10.2. The van der Waals surface area contributed by atoms with Gasteiger partial charge >= 0.3 is 12.1 Å². The highest BCUT2D eigenvalue weighted by atomic mass is 19.4. The van der Waals surface area contributed by atoms with Gasteiger partial charge < -0.3 is 9.84 Å². The number of hydrogen-bond acceptors (Lipinski definition) is 4. The molecule has 100 valence electrons. The van der Waals surface area contributed by atoms with Gasteiger partial charge in [0.25, 0.3) is 0 Å². The van der Waals surface area contributed by atoms with Gasteiger partial charge in [0.2, 0.25) is 11.7 Å². The van der Waals surface area contributed by atoms with Crippen LogP contribution in [0.5, 0.6) is 0 Å². The zero-order valence-electron chi connectivity index (χ0n) is 9.65. The number of hydrogen-bond donors (Lipinski definition) is 1. The molecule has 0 atom stereocenters. The zero-order chi connectivity index (χ0) is 14.0. The second kappa shape index (κ2) is 4.71. The van der Waals surface area contributed by atoms with Crippen molar-refractivity contribution < 1.29 is 22.5 Å². The van der Waals surface area contributed by atoms with Crippen LogP contribution < -0.4 is 5.32 Å². The van der Waals surface area contributed by atoms with Crippen molar-refractivity contribution in [3.63, 3.8) is 0 Å². The second-order valence-corrected chi connectivity index (χ2v) is 3.67. The van der Waals surface area contributed by atoms with E-state index >= 15 is 0 Å². The van der Waals surface area contributed by atoms with Crippen LogP contribution in [-0.4, -0.2) is 22.2 Å². The molecule has 0 aliphatic rings. The SMILES string of the molecule is Cc1nc(-c2cccc(NC(=O)C(F)(F)F)c2)no1. The molecule has 2 aromatic rings. The largest absolute Gasteiger partial charge is 0.471 e. The number of amides is 1. The Morgan fingerprint density at radius 1 is 1.37 bits per heavy atom. The first-order valence-corrected chi connectivity index (χ1v) is 5.15. The zero-order valence-corrected chi connectivity index (χ0v) is 9.65. The number of nitrogens with zero attached hydrogens (tertiary/aromatic N) is 2. The molecule has 0 aliphatic carbocycles. The van der Waals surface area contributed by atoms with E-state index in [2.05, 4.69) is 10.1 Å². The molecular formula is C11H8F3N3O2. The van der Waals surface area contributed by atoms with E-state index in [9.17, 15) is 18.0 Å². The molecule has 1 heterocycles.